The maximum Gasteiger partial charge on any atom is 0.291 e. The molecule has 3 heterocycles. The van der Waals surface area contributed by atoms with Crippen LogP contribution in [-0.4, -0.2) is 50.4 Å². The standard InChI is InChI=1S/C17H28N4O2/c1-2-8-17(13-22)9-6-10-20(12-17)16(23)15-19-18-14-7-4-3-5-11-21(14)15/h22H,2-13H2,1H3. The first kappa shape index (κ1) is 16.4. The number of amides is 1. The Morgan fingerprint density at radius 1 is 1.22 bits per heavy atom. The van der Waals surface area contributed by atoms with Crippen molar-refractivity contribution in [2.24, 2.45) is 5.41 Å². The molecule has 1 N–H and O–H groups in total. The number of aliphatic hydroxyl groups is 1. The second-order valence-electron chi connectivity index (χ2n) is 7.14. The Bertz CT molecular complexity index is 553. The van der Waals surface area contributed by atoms with Crippen LogP contribution in [-0.2, 0) is 13.0 Å². The molecule has 0 radical (unpaired) electrons. The highest BCUT2D eigenvalue weighted by Crippen LogP contribution is 2.34. The molecule has 0 saturated carbocycles. The van der Waals surface area contributed by atoms with Crippen molar-refractivity contribution in [3.05, 3.63) is 11.6 Å². The van der Waals surface area contributed by atoms with Crippen molar-refractivity contribution in [2.45, 2.75) is 64.8 Å². The first-order valence-corrected chi connectivity index (χ1v) is 9.01. The second kappa shape index (κ2) is 6.99. The molecule has 1 saturated heterocycles. The van der Waals surface area contributed by atoms with E-state index in [4.69, 9.17) is 0 Å². The molecule has 2 aliphatic rings. The van der Waals surface area contributed by atoms with Gasteiger partial charge >= 0.3 is 0 Å². The highest BCUT2D eigenvalue weighted by atomic mass is 16.3. The Kier molecular flexibility index (Phi) is 4.99. The molecule has 1 aromatic rings. The van der Waals surface area contributed by atoms with Gasteiger partial charge in [0.2, 0.25) is 5.82 Å². The summed E-state index contributed by atoms with van der Waals surface area (Å²) in [4.78, 5) is 14.9. The van der Waals surface area contributed by atoms with E-state index in [9.17, 15) is 9.90 Å². The number of carbonyl (C=O) groups is 1. The van der Waals surface area contributed by atoms with Gasteiger partial charge < -0.3 is 14.6 Å². The van der Waals surface area contributed by atoms with Crippen molar-refractivity contribution < 1.29 is 9.90 Å². The van der Waals surface area contributed by atoms with Gasteiger partial charge in [0.05, 0.1) is 6.61 Å². The Hall–Kier alpha value is -1.43. The molecule has 6 nitrogen and oxygen atoms in total. The summed E-state index contributed by atoms with van der Waals surface area (Å²) in [6.07, 6.45) is 8.25. The third-order valence-electron chi connectivity index (χ3n) is 5.37. The zero-order valence-corrected chi connectivity index (χ0v) is 14.1. The van der Waals surface area contributed by atoms with E-state index in [0.29, 0.717) is 12.4 Å². The van der Waals surface area contributed by atoms with Gasteiger partial charge in [-0.3, -0.25) is 4.79 Å². The van der Waals surface area contributed by atoms with Crippen LogP contribution >= 0.6 is 0 Å². The summed E-state index contributed by atoms with van der Waals surface area (Å²) in [5, 5.41) is 18.3. The lowest BCUT2D eigenvalue weighted by molar-refractivity contribution is 0.0212. The molecule has 0 spiro atoms. The van der Waals surface area contributed by atoms with Crippen LogP contribution in [0, 0.1) is 5.41 Å². The number of piperidine rings is 1. The van der Waals surface area contributed by atoms with Crippen LogP contribution in [0.1, 0.15) is 68.3 Å². The van der Waals surface area contributed by atoms with E-state index < -0.39 is 0 Å². The fourth-order valence-corrected chi connectivity index (χ4v) is 4.11. The van der Waals surface area contributed by atoms with Gasteiger partial charge in [-0.15, -0.1) is 10.2 Å². The Morgan fingerprint density at radius 3 is 2.87 bits per heavy atom. The number of aryl methyl sites for hydroxylation is 1. The highest BCUT2D eigenvalue weighted by molar-refractivity contribution is 5.90. The van der Waals surface area contributed by atoms with Crippen molar-refractivity contribution in [3.8, 4) is 0 Å². The van der Waals surface area contributed by atoms with Crippen LogP contribution in [0.4, 0.5) is 0 Å². The average Bonchev–Trinajstić information content (AvgIpc) is 2.83. The van der Waals surface area contributed by atoms with E-state index in [-0.39, 0.29) is 17.9 Å². The molecular formula is C17H28N4O2. The van der Waals surface area contributed by atoms with Gasteiger partial charge in [0.1, 0.15) is 5.82 Å². The third kappa shape index (κ3) is 3.27. The molecular weight excluding hydrogens is 292 g/mol. The van der Waals surface area contributed by atoms with Gasteiger partial charge in [-0.25, -0.2) is 0 Å². The van der Waals surface area contributed by atoms with Crippen LogP contribution in [0.3, 0.4) is 0 Å². The van der Waals surface area contributed by atoms with E-state index in [1.54, 1.807) is 0 Å². The molecule has 128 valence electrons. The summed E-state index contributed by atoms with van der Waals surface area (Å²) in [6, 6.07) is 0. The SMILES string of the molecule is CCCC1(CO)CCCN(C(=O)c2nnc3n2CCCCC3)C1. The minimum Gasteiger partial charge on any atom is -0.396 e. The molecule has 0 aliphatic carbocycles. The minimum absolute atomic E-state index is 0.0146. The number of hydrogen-bond donors (Lipinski definition) is 1. The van der Waals surface area contributed by atoms with Gasteiger partial charge in [-0.05, 0) is 32.1 Å². The molecule has 1 atom stereocenters. The summed E-state index contributed by atoms with van der Waals surface area (Å²) in [7, 11) is 0. The maximum atomic E-state index is 13.0. The largest absolute Gasteiger partial charge is 0.396 e. The number of aromatic nitrogens is 3. The molecule has 6 heteroatoms. The summed E-state index contributed by atoms with van der Waals surface area (Å²) < 4.78 is 2.02. The van der Waals surface area contributed by atoms with Crippen molar-refractivity contribution in [1.82, 2.24) is 19.7 Å². The van der Waals surface area contributed by atoms with Gasteiger partial charge in [0.25, 0.3) is 5.91 Å². The van der Waals surface area contributed by atoms with Crippen molar-refractivity contribution in [3.63, 3.8) is 0 Å². The van der Waals surface area contributed by atoms with Gasteiger partial charge in [0, 0.05) is 31.5 Å². The first-order valence-electron chi connectivity index (χ1n) is 9.01. The van der Waals surface area contributed by atoms with E-state index in [2.05, 4.69) is 17.1 Å². The monoisotopic (exact) mass is 320 g/mol. The Morgan fingerprint density at radius 2 is 2.09 bits per heavy atom. The fraction of sp³-hybridized carbons (Fsp3) is 0.824. The second-order valence-corrected chi connectivity index (χ2v) is 7.14. The minimum atomic E-state index is -0.135. The van der Waals surface area contributed by atoms with Crippen molar-refractivity contribution in [1.29, 1.82) is 0 Å². The summed E-state index contributed by atoms with van der Waals surface area (Å²) in [5.41, 5.74) is -0.135. The van der Waals surface area contributed by atoms with Crippen LogP contribution in [0.2, 0.25) is 0 Å². The van der Waals surface area contributed by atoms with Crippen LogP contribution in [0.25, 0.3) is 0 Å². The van der Waals surface area contributed by atoms with E-state index in [1.165, 1.54) is 6.42 Å². The number of fused-ring (bicyclic) bond motifs is 1. The predicted octanol–water partition coefficient (Wildman–Crippen LogP) is 2.02. The van der Waals surface area contributed by atoms with Crippen molar-refractivity contribution >= 4 is 5.91 Å². The average molecular weight is 320 g/mol. The number of likely N-dealkylation sites (tertiary alicyclic amines) is 1. The molecule has 1 amide bonds. The van der Waals surface area contributed by atoms with Crippen molar-refractivity contribution in [2.75, 3.05) is 19.7 Å². The van der Waals surface area contributed by atoms with Gasteiger partial charge in [-0.1, -0.05) is 19.8 Å². The van der Waals surface area contributed by atoms with E-state index >= 15 is 0 Å². The quantitative estimate of drug-likeness (QED) is 0.921. The topological polar surface area (TPSA) is 71.2 Å². The lowest BCUT2D eigenvalue weighted by Gasteiger charge is -2.41. The van der Waals surface area contributed by atoms with Gasteiger partial charge in [0.15, 0.2) is 0 Å². The Labute approximate surface area is 137 Å². The molecule has 1 fully saturated rings. The van der Waals surface area contributed by atoms with Gasteiger partial charge in [-0.2, -0.15) is 0 Å². The predicted molar refractivity (Wildman–Crippen MR) is 87.1 cm³/mol. The summed E-state index contributed by atoms with van der Waals surface area (Å²) in [5.74, 6) is 1.43. The fourth-order valence-electron chi connectivity index (χ4n) is 4.11. The number of nitrogens with zero attached hydrogens (tertiary/aromatic N) is 4. The third-order valence-corrected chi connectivity index (χ3v) is 5.37. The number of hydrogen-bond acceptors (Lipinski definition) is 4. The lowest BCUT2D eigenvalue weighted by atomic mass is 9.77. The zero-order valence-electron chi connectivity index (χ0n) is 14.1. The molecule has 3 rings (SSSR count). The highest BCUT2D eigenvalue weighted by Gasteiger charge is 2.37. The molecule has 2 aliphatic heterocycles. The molecule has 1 unspecified atom stereocenters. The number of carbonyl (C=O) groups excluding carboxylic acids is 1. The summed E-state index contributed by atoms with van der Waals surface area (Å²) >= 11 is 0. The first-order chi connectivity index (χ1) is 11.2. The number of aliphatic hydroxyl groups excluding tert-OH is 1. The van der Waals surface area contributed by atoms with E-state index in [1.807, 2.05) is 9.47 Å². The zero-order chi connectivity index (χ0) is 16.3. The maximum absolute atomic E-state index is 13.0. The molecule has 0 bridgehead atoms. The normalized spacial score (nSPS) is 25.0. The summed E-state index contributed by atoms with van der Waals surface area (Å²) in [6.45, 7) is 4.53. The smallest absolute Gasteiger partial charge is 0.291 e. The number of rotatable bonds is 4. The van der Waals surface area contributed by atoms with Crippen LogP contribution in [0.5, 0.6) is 0 Å². The van der Waals surface area contributed by atoms with Crippen LogP contribution < -0.4 is 0 Å². The molecule has 0 aromatic carbocycles. The van der Waals surface area contributed by atoms with Crippen LogP contribution in [0.15, 0.2) is 0 Å². The molecule has 1 aromatic heterocycles. The Balaban J connectivity index is 1.79. The lowest BCUT2D eigenvalue weighted by Crippen LogP contribution is -2.48. The van der Waals surface area contributed by atoms with E-state index in [0.717, 1.165) is 63.9 Å². The molecule has 23 heavy (non-hydrogen) atoms.